The first-order valence-electron chi connectivity index (χ1n) is 7.37. The second kappa shape index (κ2) is 7.22. The monoisotopic (exact) mass is 290 g/mol. The summed E-state index contributed by atoms with van der Waals surface area (Å²) in [5.41, 5.74) is 3.17. The highest BCUT2D eigenvalue weighted by molar-refractivity contribution is 5.96. The van der Waals surface area contributed by atoms with Gasteiger partial charge in [-0.05, 0) is 48.4 Å². The second-order valence-electron chi connectivity index (χ2n) is 5.61. The van der Waals surface area contributed by atoms with E-state index in [2.05, 4.69) is 10.6 Å². The number of fused-ring (bicyclic) bond motifs is 1. The van der Waals surface area contributed by atoms with E-state index in [1.54, 1.807) is 0 Å². The standard InChI is InChI=1S/C16H22N2O3/c1-11(10-19)8-17-15(20)9-18-16(21)14-6-5-12-3-2-4-13(12)7-14/h5-7,11,19H,2-4,8-10H2,1H3,(H,17,20)(H,18,21). The van der Waals surface area contributed by atoms with Gasteiger partial charge in [0.05, 0.1) is 6.54 Å². The molecular formula is C16H22N2O3. The number of amides is 2. The van der Waals surface area contributed by atoms with Crippen molar-refractivity contribution in [3.05, 3.63) is 34.9 Å². The van der Waals surface area contributed by atoms with Crippen molar-refractivity contribution in [2.75, 3.05) is 19.7 Å². The number of benzene rings is 1. The Bertz CT molecular complexity index is 528. The summed E-state index contributed by atoms with van der Waals surface area (Å²) in [7, 11) is 0. The molecular weight excluding hydrogens is 268 g/mol. The molecule has 0 fully saturated rings. The van der Waals surface area contributed by atoms with E-state index in [-0.39, 0.29) is 30.9 Å². The number of aryl methyl sites for hydroxylation is 2. The number of aliphatic hydroxyl groups is 1. The Hall–Kier alpha value is -1.88. The lowest BCUT2D eigenvalue weighted by atomic mass is 10.1. The van der Waals surface area contributed by atoms with Crippen LogP contribution in [0.5, 0.6) is 0 Å². The van der Waals surface area contributed by atoms with Gasteiger partial charge in [0.1, 0.15) is 0 Å². The molecule has 2 amide bonds. The third-order valence-corrected chi connectivity index (χ3v) is 3.73. The highest BCUT2D eigenvalue weighted by Crippen LogP contribution is 2.22. The van der Waals surface area contributed by atoms with Crippen LogP contribution >= 0.6 is 0 Å². The van der Waals surface area contributed by atoms with Gasteiger partial charge in [0.15, 0.2) is 0 Å². The first-order valence-corrected chi connectivity index (χ1v) is 7.37. The van der Waals surface area contributed by atoms with Crippen LogP contribution in [0.25, 0.3) is 0 Å². The maximum Gasteiger partial charge on any atom is 0.251 e. The van der Waals surface area contributed by atoms with Crippen LogP contribution in [0.15, 0.2) is 18.2 Å². The summed E-state index contributed by atoms with van der Waals surface area (Å²) in [5, 5.41) is 14.2. The Morgan fingerprint density at radius 1 is 1.24 bits per heavy atom. The molecule has 0 radical (unpaired) electrons. The smallest absolute Gasteiger partial charge is 0.251 e. The third-order valence-electron chi connectivity index (χ3n) is 3.73. The summed E-state index contributed by atoms with van der Waals surface area (Å²) in [5.74, 6) is -0.457. The molecule has 114 valence electrons. The van der Waals surface area contributed by atoms with Crippen molar-refractivity contribution in [2.24, 2.45) is 5.92 Å². The van der Waals surface area contributed by atoms with Gasteiger partial charge >= 0.3 is 0 Å². The Kier molecular flexibility index (Phi) is 5.33. The van der Waals surface area contributed by atoms with Crippen LogP contribution in [-0.2, 0) is 17.6 Å². The predicted octanol–water partition coefficient (Wildman–Crippen LogP) is 0.650. The quantitative estimate of drug-likeness (QED) is 0.720. The molecule has 1 aliphatic rings. The average Bonchev–Trinajstić information content (AvgIpc) is 2.97. The number of carbonyl (C=O) groups excluding carboxylic acids is 2. The Morgan fingerprint density at radius 3 is 2.76 bits per heavy atom. The van der Waals surface area contributed by atoms with E-state index in [1.807, 2.05) is 25.1 Å². The van der Waals surface area contributed by atoms with Crippen LogP contribution in [-0.4, -0.2) is 36.6 Å². The molecule has 0 heterocycles. The first kappa shape index (κ1) is 15.5. The van der Waals surface area contributed by atoms with Crippen molar-refractivity contribution in [3.63, 3.8) is 0 Å². The molecule has 5 heteroatoms. The topological polar surface area (TPSA) is 78.4 Å². The zero-order valence-corrected chi connectivity index (χ0v) is 12.3. The SMILES string of the molecule is CC(CO)CNC(=O)CNC(=O)c1ccc2c(c1)CCC2. The maximum absolute atomic E-state index is 12.0. The normalized spacial score (nSPS) is 14.4. The van der Waals surface area contributed by atoms with Gasteiger partial charge < -0.3 is 15.7 Å². The van der Waals surface area contributed by atoms with Crippen LogP contribution in [0.1, 0.15) is 34.8 Å². The van der Waals surface area contributed by atoms with Crippen LogP contribution in [0.3, 0.4) is 0 Å². The lowest BCUT2D eigenvalue weighted by Crippen LogP contribution is -2.39. The molecule has 1 aromatic carbocycles. The zero-order valence-electron chi connectivity index (χ0n) is 12.3. The minimum Gasteiger partial charge on any atom is -0.396 e. The Balaban J connectivity index is 1.80. The summed E-state index contributed by atoms with van der Waals surface area (Å²) < 4.78 is 0. The van der Waals surface area contributed by atoms with Crippen LogP contribution < -0.4 is 10.6 Å². The maximum atomic E-state index is 12.0. The molecule has 0 aliphatic heterocycles. The molecule has 0 saturated carbocycles. The van der Waals surface area contributed by atoms with Crippen molar-refractivity contribution in [2.45, 2.75) is 26.2 Å². The fraction of sp³-hybridized carbons (Fsp3) is 0.500. The van der Waals surface area contributed by atoms with Crippen molar-refractivity contribution >= 4 is 11.8 Å². The summed E-state index contributed by atoms with van der Waals surface area (Å²) in [4.78, 5) is 23.6. The second-order valence-corrected chi connectivity index (χ2v) is 5.61. The molecule has 21 heavy (non-hydrogen) atoms. The van der Waals surface area contributed by atoms with Gasteiger partial charge in [-0.3, -0.25) is 9.59 Å². The minimum absolute atomic E-state index is 0.0152. The molecule has 1 unspecified atom stereocenters. The van der Waals surface area contributed by atoms with E-state index in [0.717, 1.165) is 19.3 Å². The highest BCUT2D eigenvalue weighted by Gasteiger charge is 2.14. The molecule has 1 atom stereocenters. The van der Waals surface area contributed by atoms with E-state index < -0.39 is 0 Å². The van der Waals surface area contributed by atoms with Gasteiger partial charge in [-0.25, -0.2) is 0 Å². The molecule has 3 N–H and O–H groups in total. The van der Waals surface area contributed by atoms with Crippen LogP contribution in [0, 0.1) is 5.92 Å². The minimum atomic E-state index is -0.246. The number of hydrogen-bond donors (Lipinski definition) is 3. The number of carbonyl (C=O) groups is 2. The van der Waals surface area contributed by atoms with Gasteiger partial charge in [0.2, 0.25) is 5.91 Å². The van der Waals surface area contributed by atoms with Crippen molar-refractivity contribution < 1.29 is 14.7 Å². The van der Waals surface area contributed by atoms with E-state index in [0.29, 0.717) is 12.1 Å². The highest BCUT2D eigenvalue weighted by atomic mass is 16.3. The molecule has 0 saturated heterocycles. The number of nitrogens with one attached hydrogen (secondary N) is 2. The van der Waals surface area contributed by atoms with E-state index in [4.69, 9.17) is 5.11 Å². The third kappa shape index (κ3) is 4.29. The van der Waals surface area contributed by atoms with Gasteiger partial charge in [0.25, 0.3) is 5.91 Å². The molecule has 0 bridgehead atoms. The molecule has 5 nitrogen and oxygen atoms in total. The number of aliphatic hydroxyl groups excluding tert-OH is 1. The lowest BCUT2D eigenvalue weighted by Gasteiger charge is -2.10. The zero-order chi connectivity index (χ0) is 15.2. The number of rotatable bonds is 6. The van der Waals surface area contributed by atoms with Gasteiger partial charge in [-0.2, -0.15) is 0 Å². The molecule has 1 aromatic rings. The van der Waals surface area contributed by atoms with Crippen molar-refractivity contribution in [3.8, 4) is 0 Å². The predicted molar refractivity (Wildman–Crippen MR) is 80.1 cm³/mol. The summed E-state index contributed by atoms with van der Waals surface area (Å²) in [6.45, 7) is 2.23. The van der Waals surface area contributed by atoms with Gasteiger partial charge in [-0.15, -0.1) is 0 Å². The first-order chi connectivity index (χ1) is 10.1. The van der Waals surface area contributed by atoms with E-state index >= 15 is 0 Å². The molecule has 2 rings (SSSR count). The van der Waals surface area contributed by atoms with E-state index in [1.165, 1.54) is 11.1 Å². The fourth-order valence-electron chi connectivity index (χ4n) is 2.39. The largest absolute Gasteiger partial charge is 0.396 e. The molecule has 0 spiro atoms. The van der Waals surface area contributed by atoms with Gasteiger partial charge in [-0.1, -0.05) is 13.0 Å². The summed E-state index contributed by atoms with van der Waals surface area (Å²) in [6.07, 6.45) is 3.25. The van der Waals surface area contributed by atoms with Crippen molar-refractivity contribution in [1.29, 1.82) is 0 Å². The Morgan fingerprint density at radius 2 is 2.00 bits per heavy atom. The van der Waals surface area contributed by atoms with Crippen LogP contribution in [0.2, 0.25) is 0 Å². The fourth-order valence-corrected chi connectivity index (χ4v) is 2.39. The summed E-state index contributed by atoms with van der Waals surface area (Å²) in [6, 6.07) is 5.73. The number of hydrogen-bond acceptors (Lipinski definition) is 3. The van der Waals surface area contributed by atoms with Crippen molar-refractivity contribution in [1.82, 2.24) is 10.6 Å². The molecule has 1 aliphatic carbocycles. The lowest BCUT2D eigenvalue weighted by molar-refractivity contribution is -0.120. The molecule has 0 aromatic heterocycles. The van der Waals surface area contributed by atoms with Gasteiger partial charge in [0, 0.05) is 18.7 Å². The van der Waals surface area contributed by atoms with E-state index in [9.17, 15) is 9.59 Å². The summed E-state index contributed by atoms with van der Waals surface area (Å²) >= 11 is 0. The average molecular weight is 290 g/mol. The Labute approximate surface area is 124 Å². The van der Waals surface area contributed by atoms with Crippen LogP contribution in [0.4, 0.5) is 0 Å².